The minimum Gasteiger partial charge on any atom is -0.352 e. The maximum absolute atomic E-state index is 11.0. The monoisotopic (exact) mass is 198 g/mol. The second-order valence-electron chi connectivity index (χ2n) is 3.13. The highest BCUT2D eigenvalue weighted by atomic mass is 16.5. The Hall–Kier alpha value is -1.43. The van der Waals surface area contributed by atoms with E-state index in [1.807, 2.05) is 13.8 Å². The lowest BCUT2D eigenvalue weighted by Gasteiger charge is -2.02. The van der Waals surface area contributed by atoms with Crippen LogP contribution < -0.4 is 10.6 Å². The fraction of sp³-hybridized carbons (Fsp3) is 0.625. The van der Waals surface area contributed by atoms with Gasteiger partial charge in [-0.05, 0) is 0 Å². The van der Waals surface area contributed by atoms with Gasteiger partial charge in [0.15, 0.2) is 0 Å². The van der Waals surface area contributed by atoms with Crippen LogP contribution in [0.2, 0.25) is 0 Å². The highest BCUT2D eigenvalue weighted by Gasteiger charge is 2.12. The van der Waals surface area contributed by atoms with Crippen molar-refractivity contribution in [2.75, 3.05) is 7.05 Å². The first kappa shape index (κ1) is 10.6. The molecule has 6 heteroatoms. The molecular formula is C8H14N4O2. The summed E-state index contributed by atoms with van der Waals surface area (Å²) >= 11 is 0. The van der Waals surface area contributed by atoms with Crippen LogP contribution in [0.25, 0.3) is 0 Å². The number of hydrogen-bond acceptors (Lipinski definition) is 5. The molecule has 1 rings (SSSR count). The Balaban J connectivity index is 2.55. The van der Waals surface area contributed by atoms with E-state index in [1.165, 1.54) is 7.05 Å². The van der Waals surface area contributed by atoms with Gasteiger partial charge in [-0.2, -0.15) is 4.98 Å². The van der Waals surface area contributed by atoms with E-state index in [0.717, 1.165) is 0 Å². The van der Waals surface area contributed by atoms with Crippen molar-refractivity contribution in [2.45, 2.75) is 26.4 Å². The molecule has 0 saturated carbocycles. The molecule has 0 aliphatic rings. The minimum absolute atomic E-state index is 0.0630. The van der Waals surface area contributed by atoms with E-state index >= 15 is 0 Å². The van der Waals surface area contributed by atoms with E-state index in [4.69, 9.17) is 4.52 Å². The Morgan fingerprint density at radius 1 is 1.57 bits per heavy atom. The zero-order valence-electron chi connectivity index (χ0n) is 8.50. The molecule has 0 unspecified atom stereocenters. The number of carbonyl (C=O) groups excluding carboxylic acids is 1. The van der Waals surface area contributed by atoms with Gasteiger partial charge in [0.1, 0.15) is 0 Å². The lowest BCUT2D eigenvalue weighted by Crippen LogP contribution is -2.22. The largest absolute Gasteiger partial charge is 0.352 e. The van der Waals surface area contributed by atoms with Crippen LogP contribution in [0.15, 0.2) is 4.52 Å². The number of aromatic nitrogens is 2. The summed E-state index contributed by atoms with van der Waals surface area (Å²) in [5.74, 6) is 0.134. The molecule has 2 N–H and O–H groups in total. The number of rotatable bonds is 4. The van der Waals surface area contributed by atoms with Crippen molar-refractivity contribution in [3.8, 4) is 0 Å². The molecule has 0 bridgehead atoms. The molecule has 0 radical (unpaired) electrons. The summed E-state index contributed by atoms with van der Waals surface area (Å²) in [7, 11) is 1.52. The molecule has 0 aromatic carbocycles. The summed E-state index contributed by atoms with van der Waals surface area (Å²) in [6, 6.07) is 0.338. The van der Waals surface area contributed by atoms with Crippen molar-refractivity contribution in [2.24, 2.45) is 0 Å². The van der Waals surface area contributed by atoms with Crippen molar-refractivity contribution in [3.63, 3.8) is 0 Å². The second kappa shape index (κ2) is 4.71. The zero-order chi connectivity index (χ0) is 10.6. The maximum Gasteiger partial charge on any atom is 0.292 e. The Kier molecular flexibility index (Phi) is 3.58. The maximum atomic E-state index is 11.0. The van der Waals surface area contributed by atoms with Crippen molar-refractivity contribution in [1.82, 2.24) is 20.8 Å². The number of nitrogens with zero attached hydrogens (tertiary/aromatic N) is 2. The number of amides is 1. The van der Waals surface area contributed by atoms with Crippen molar-refractivity contribution < 1.29 is 9.32 Å². The smallest absolute Gasteiger partial charge is 0.292 e. The molecule has 6 nitrogen and oxygen atoms in total. The van der Waals surface area contributed by atoms with Gasteiger partial charge in [0.05, 0.1) is 6.54 Å². The van der Waals surface area contributed by atoms with Crippen LogP contribution >= 0.6 is 0 Å². The topological polar surface area (TPSA) is 80.0 Å². The van der Waals surface area contributed by atoms with Gasteiger partial charge in [-0.25, -0.2) is 0 Å². The number of nitrogens with one attached hydrogen (secondary N) is 2. The van der Waals surface area contributed by atoms with Crippen LogP contribution in [-0.4, -0.2) is 29.1 Å². The van der Waals surface area contributed by atoms with Gasteiger partial charge in [-0.1, -0.05) is 19.0 Å². The van der Waals surface area contributed by atoms with Crippen LogP contribution in [0.5, 0.6) is 0 Å². The quantitative estimate of drug-likeness (QED) is 0.707. The van der Waals surface area contributed by atoms with Crippen molar-refractivity contribution in [3.05, 3.63) is 11.7 Å². The van der Waals surface area contributed by atoms with E-state index in [1.54, 1.807) is 0 Å². The lowest BCUT2D eigenvalue weighted by molar-refractivity contribution is 0.0950. The average Bonchev–Trinajstić information content (AvgIpc) is 2.62. The second-order valence-corrected chi connectivity index (χ2v) is 3.13. The van der Waals surface area contributed by atoms with E-state index < -0.39 is 0 Å². The zero-order valence-corrected chi connectivity index (χ0v) is 8.50. The summed E-state index contributed by atoms with van der Waals surface area (Å²) in [6.07, 6.45) is 0. The lowest BCUT2D eigenvalue weighted by atomic mass is 10.4. The third kappa shape index (κ3) is 2.81. The molecule has 1 aromatic heterocycles. The SMILES string of the molecule is CNC(=O)c1noc(CNC(C)C)n1. The molecule has 0 spiro atoms. The van der Waals surface area contributed by atoms with E-state index in [9.17, 15) is 4.79 Å². The molecule has 1 amide bonds. The minimum atomic E-state index is -0.343. The first-order valence-electron chi connectivity index (χ1n) is 4.41. The number of hydrogen-bond donors (Lipinski definition) is 2. The summed E-state index contributed by atoms with van der Waals surface area (Å²) in [4.78, 5) is 14.9. The van der Waals surface area contributed by atoms with Crippen LogP contribution in [0.1, 0.15) is 30.4 Å². The highest BCUT2D eigenvalue weighted by Crippen LogP contribution is 1.97. The third-order valence-corrected chi connectivity index (χ3v) is 1.56. The molecule has 0 aliphatic carbocycles. The normalized spacial score (nSPS) is 10.6. The fourth-order valence-corrected chi connectivity index (χ4v) is 0.822. The average molecular weight is 198 g/mol. The third-order valence-electron chi connectivity index (χ3n) is 1.56. The molecule has 1 heterocycles. The van der Waals surface area contributed by atoms with Gasteiger partial charge in [-0.15, -0.1) is 0 Å². The van der Waals surface area contributed by atoms with Gasteiger partial charge in [0, 0.05) is 13.1 Å². The summed E-state index contributed by atoms with van der Waals surface area (Å²) in [6.45, 7) is 4.49. The Morgan fingerprint density at radius 2 is 2.29 bits per heavy atom. The Morgan fingerprint density at radius 3 is 2.86 bits per heavy atom. The van der Waals surface area contributed by atoms with Gasteiger partial charge < -0.3 is 15.2 Å². The predicted molar refractivity (Wildman–Crippen MR) is 49.7 cm³/mol. The Labute approximate surface area is 82.1 Å². The summed E-state index contributed by atoms with van der Waals surface area (Å²) in [5.41, 5.74) is 0. The molecule has 0 saturated heterocycles. The van der Waals surface area contributed by atoms with Gasteiger partial charge in [0.25, 0.3) is 11.7 Å². The highest BCUT2D eigenvalue weighted by molar-refractivity contribution is 5.89. The molecule has 0 aliphatic heterocycles. The van der Waals surface area contributed by atoms with Crippen LogP contribution in [0.4, 0.5) is 0 Å². The van der Waals surface area contributed by atoms with E-state index in [2.05, 4.69) is 20.8 Å². The molecule has 0 fully saturated rings. The number of carbonyl (C=O) groups is 1. The van der Waals surface area contributed by atoms with E-state index in [0.29, 0.717) is 18.5 Å². The molecule has 78 valence electrons. The van der Waals surface area contributed by atoms with Gasteiger partial charge >= 0.3 is 0 Å². The fourth-order valence-electron chi connectivity index (χ4n) is 0.822. The first-order chi connectivity index (χ1) is 6.63. The first-order valence-corrected chi connectivity index (χ1v) is 4.41. The Bertz CT molecular complexity index is 308. The van der Waals surface area contributed by atoms with Crippen LogP contribution in [-0.2, 0) is 6.54 Å². The van der Waals surface area contributed by atoms with Crippen LogP contribution in [0.3, 0.4) is 0 Å². The van der Waals surface area contributed by atoms with Crippen molar-refractivity contribution in [1.29, 1.82) is 0 Å². The molecule has 14 heavy (non-hydrogen) atoms. The van der Waals surface area contributed by atoms with Crippen molar-refractivity contribution >= 4 is 5.91 Å². The van der Waals surface area contributed by atoms with Gasteiger partial charge in [0.2, 0.25) is 5.89 Å². The molecular weight excluding hydrogens is 184 g/mol. The van der Waals surface area contributed by atoms with E-state index in [-0.39, 0.29) is 11.7 Å². The summed E-state index contributed by atoms with van der Waals surface area (Å²) < 4.78 is 4.85. The van der Waals surface area contributed by atoms with Crippen LogP contribution in [0, 0.1) is 0 Å². The van der Waals surface area contributed by atoms with Gasteiger partial charge in [-0.3, -0.25) is 4.79 Å². The standard InChI is InChI=1S/C8H14N4O2/c1-5(2)10-4-6-11-7(12-14-6)8(13)9-3/h5,10H,4H2,1-3H3,(H,9,13). The summed E-state index contributed by atoms with van der Waals surface area (Å²) in [5, 5.41) is 9.05. The molecule has 1 aromatic rings. The predicted octanol–water partition coefficient (Wildman–Crippen LogP) is -0.0728. The molecule has 0 atom stereocenters.